The highest BCUT2D eigenvalue weighted by Gasteiger charge is 2.37. The summed E-state index contributed by atoms with van der Waals surface area (Å²) in [5, 5.41) is 0. The molecule has 1 heterocycles. The Labute approximate surface area is 103 Å². The maximum absolute atomic E-state index is 6.48. The Morgan fingerprint density at radius 2 is 2.12 bits per heavy atom. The second kappa shape index (κ2) is 4.42. The molecule has 0 radical (unpaired) electrons. The Balaban J connectivity index is 2.33. The molecule has 2 unspecified atom stereocenters. The van der Waals surface area contributed by atoms with E-state index in [0.717, 1.165) is 0 Å². The summed E-state index contributed by atoms with van der Waals surface area (Å²) in [6.45, 7) is 6.67. The molecule has 0 saturated carbocycles. The Bertz CT molecular complexity index is 380. The predicted molar refractivity (Wildman–Crippen MR) is 72.9 cm³/mol. The Hall–Kier alpha value is -0.470. The topological polar surface area (TPSA) is 26.0 Å². The van der Waals surface area contributed by atoms with Gasteiger partial charge in [-0.3, -0.25) is 0 Å². The van der Waals surface area contributed by atoms with Crippen molar-refractivity contribution in [2.45, 2.75) is 44.4 Å². The molecule has 1 fully saturated rings. The minimum Gasteiger partial charge on any atom is -0.323 e. The summed E-state index contributed by atoms with van der Waals surface area (Å²) in [5.41, 5.74) is 10.5. The lowest BCUT2D eigenvalue weighted by Crippen LogP contribution is -2.33. The Morgan fingerprint density at radius 3 is 2.75 bits per heavy atom. The van der Waals surface area contributed by atoms with Gasteiger partial charge >= 0.3 is 0 Å². The normalized spacial score (nSPS) is 27.0. The van der Waals surface area contributed by atoms with E-state index in [9.17, 15) is 0 Å². The molecule has 2 rings (SSSR count). The minimum absolute atomic E-state index is 0.167. The number of hydrogen-bond acceptors (Lipinski definition) is 2. The van der Waals surface area contributed by atoms with E-state index in [1.54, 1.807) is 0 Å². The molecular weight excluding hydrogens is 214 g/mol. The molecule has 2 atom stereocenters. The molecule has 0 aliphatic carbocycles. The molecule has 1 nitrogen and oxygen atoms in total. The first-order valence-corrected chi connectivity index (χ1v) is 6.99. The van der Waals surface area contributed by atoms with Crippen molar-refractivity contribution in [3.05, 3.63) is 34.9 Å². The van der Waals surface area contributed by atoms with Gasteiger partial charge in [0.25, 0.3) is 0 Å². The van der Waals surface area contributed by atoms with Crippen molar-refractivity contribution in [3.63, 3.8) is 0 Å². The van der Waals surface area contributed by atoms with Crippen LogP contribution in [0.15, 0.2) is 18.2 Å². The molecule has 0 aromatic heterocycles. The largest absolute Gasteiger partial charge is 0.323 e. The molecule has 2 heteroatoms. The van der Waals surface area contributed by atoms with Crippen molar-refractivity contribution >= 4 is 11.8 Å². The van der Waals surface area contributed by atoms with Crippen LogP contribution < -0.4 is 5.73 Å². The highest BCUT2D eigenvalue weighted by Crippen LogP contribution is 2.46. The summed E-state index contributed by atoms with van der Waals surface area (Å²) in [5.74, 6) is 1.26. The van der Waals surface area contributed by atoms with Crippen LogP contribution in [0.3, 0.4) is 0 Å². The van der Waals surface area contributed by atoms with Gasteiger partial charge in [0.15, 0.2) is 0 Å². The van der Waals surface area contributed by atoms with Gasteiger partial charge in [0.05, 0.1) is 0 Å². The van der Waals surface area contributed by atoms with Crippen LogP contribution in [-0.4, -0.2) is 10.5 Å². The molecule has 1 aromatic rings. The fraction of sp³-hybridized carbons (Fsp3) is 0.571. The van der Waals surface area contributed by atoms with Gasteiger partial charge in [-0.05, 0) is 56.1 Å². The first-order chi connectivity index (χ1) is 7.54. The fourth-order valence-corrected chi connectivity index (χ4v) is 3.84. The quantitative estimate of drug-likeness (QED) is 0.847. The van der Waals surface area contributed by atoms with Gasteiger partial charge in [-0.15, -0.1) is 0 Å². The third kappa shape index (κ3) is 2.01. The van der Waals surface area contributed by atoms with E-state index in [1.165, 1.54) is 35.3 Å². The first-order valence-electron chi connectivity index (χ1n) is 6.00. The average molecular weight is 235 g/mol. The van der Waals surface area contributed by atoms with Crippen molar-refractivity contribution in [2.75, 3.05) is 5.75 Å². The van der Waals surface area contributed by atoms with Crippen LogP contribution in [-0.2, 0) is 0 Å². The summed E-state index contributed by atoms with van der Waals surface area (Å²) in [6.07, 6.45) is 2.55. The third-order valence-electron chi connectivity index (χ3n) is 3.89. The van der Waals surface area contributed by atoms with Crippen LogP contribution >= 0.6 is 11.8 Å². The Morgan fingerprint density at radius 1 is 1.38 bits per heavy atom. The van der Waals surface area contributed by atoms with Crippen molar-refractivity contribution in [2.24, 2.45) is 5.73 Å². The molecule has 1 aromatic carbocycles. The van der Waals surface area contributed by atoms with E-state index in [1.807, 2.05) is 11.8 Å². The number of nitrogens with two attached hydrogens (primary N) is 1. The number of hydrogen-bond donors (Lipinski definition) is 1. The highest BCUT2D eigenvalue weighted by molar-refractivity contribution is 8.00. The van der Waals surface area contributed by atoms with E-state index in [0.29, 0.717) is 0 Å². The zero-order valence-electron chi connectivity index (χ0n) is 10.4. The van der Waals surface area contributed by atoms with Gasteiger partial charge in [-0.1, -0.05) is 18.2 Å². The lowest BCUT2D eigenvalue weighted by Gasteiger charge is -2.32. The van der Waals surface area contributed by atoms with Crippen molar-refractivity contribution in [1.82, 2.24) is 0 Å². The van der Waals surface area contributed by atoms with Crippen molar-refractivity contribution in [3.8, 4) is 0 Å². The zero-order valence-corrected chi connectivity index (χ0v) is 11.2. The van der Waals surface area contributed by atoms with Gasteiger partial charge in [-0.2, -0.15) is 11.8 Å². The maximum atomic E-state index is 6.48. The zero-order chi connectivity index (χ0) is 11.8. The second-order valence-corrected chi connectivity index (χ2v) is 6.66. The van der Waals surface area contributed by atoms with Crippen LogP contribution in [0.2, 0.25) is 0 Å². The molecule has 2 N–H and O–H groups in total. The second-order valence-electron chi connectivity index (χ2n) is 5.03. The fourth-order valence-electron chi connectivity index (χ4n) is 2.49. The monoisotopic (exact) mass is 235 g/mol. The van der Waals surface area contributed by atoms with Crippen LogP contribution in [0.1, 0.15) is 42.5 Å². The standard InChI is InChI=1S/C14H21NS/c1-10-6-4-7-12(11(10)2)13(15)14(3)8-5-9-16-14/h4,6-7,13H,5,8-9,15H2,1-3H3. The molecule has 1 aliphatic heterocycles. The van der Waals surface area contributed by atoms with Crippen molar-refractivity contribution < 1.29 is 0 Å². The van der Waals surface area contributed by atoms with Gasteiger partial charge in [0, 0.05) is 10.8 Å². The average Bonchev–Trinajstić information content (AvgIpc) is 2.70. The van der Waals surface area contributed by atoms with E-state index >= 15 is 0 Å². The smallest absolute Gasteiger partial charge is 0.0444 e. The van der Waals surface area contributed by atoms with Crippen LogP contribution in [0.4, 0.5) is 0 Å². The van der Waals surface area contributed by atoms with Crippen LogP contribution in [0.5, 0.6) is 0 Å². The van der Waals surface area contributed by atoms with Crippen molar-refractivity contribution in [1.29, 1.82) is 0 Å². The molecule has 88 valence electrons. The molecule has 0 amide bonds. The number of rotatable bonds is 2. The molecule has 16 heavy (non-hydrogen) atoms. The van der Waals surface area contributed by atoms with E-state index in [4.69, 9.17) is 5.73 Å². The first kappa shape index (κ1) is 12.0. The SMILES string of the molecule is Cc1cccc(C(N)C2(C)CCCS2)c1C. The van der Waals surface area contributed by atoms with Gasteiger partial charge in [0.1, 0.15) is 0 Å². The lowest BCUT2D eigenvalue weighted by atomic mass is 9.87. The molecule has 1 aliphatic rings. The predicted octanol–water partition coefficient (Wildman–Crippen LogP) is 3.59. The van der Waals surface area contributed by atoms with Crippen LogP contribution in [0.25, 0.3) is 0 Å². The number of benzene rings is 1. The van der Waals surface area contributed by atoms with E-state index in [-0.39, 0.29) is 10.8 Å². The van der Waals surface area contributed by atoms with E-state index < -0.39 is 0 Å². The van der Waals surface area contributed by atoms with E-state index in [2.05, 4.69) is 39.0 Å². The van der Waals surface area contributed by atoms with Gasteiger partial charge in [0.2, 0.25) is 0 Å². The summed E-state index contributed by atoms with van der Waals surface area (Å²) in [6, 6.07) is 6.65. The molecule has 1 saturated heterocycles. The van der Waals surface area contributed by atoms with Gasteiger partial charge in [-0.25, -0.2) is 0 Å². The summed E-state index contributed by atoms with van der Waals surface area (Å²) >= 11 is 2.04. The molecular formula is C14H21NS. The van der Waals surface area contributed by atoms with Gasteiger partial charge < -0.3 is 5.73 Å². The number of aryl methyl sites for hydroxylation is 1. The summed E-state index contributed by atoms with van der Waals surface area (Å²) in [7, 11) is 0. The minimum atomic E-state index is 0.167. The number of thioether (sulfide) groups is 1. The third-order valence-corrected chi connectivity index (χ3v) is 5.50. The summed E-state index contributed by atoms with van der Waals surface area (Å²) < 4.78 is 0.235. The molecule has 0 bridgehead atoms. The summed E-state index contributed by atoms with van der Waals surface area (Å²) in [4.78, 5) is 0. The molecule has 0 spiro atoms. The van der Waals surface area contributed by atoms with Crippen LogP contribution in [0, 0.1) is 13.8 Å². The maximum Gasteiger partial charge on any atom is 0.0444 e. The Kier molecular flexibility index (Phi) is 3.32. The lowest BCUT2D eigenvalue weighted by molar-refractivity contribution is 0.500. The highest BCUT2D eigenvalue weighted by atomic mass is 32.2.